The summed E-state index contributed by atoms with van der Waals surface area (Å²) in [6, 6.07) is 7.00. The minimum Gasteiger partial charge on any atom is -0.443 e. The molecule has 0 saturated carbocycles. The van der Waals surface area contributed by atoms with Crippen LogP contribution in [0.15, 0.2) is 24.3 Å². The van der Waals surface area contributed by atoms with Gasteiger partial charge in [0.1, 0.15) is 16.1 Å². The van der Waals surface area contributed by atoms with Crippen LogP contribution in [0.3, 0.4) is 0 Å². The van der Waals surface area contributed by atoms with Crippen LogP contribution in [0.4, 0.5) is 15.3 Å². The highest BCUT2D eigenvalue weighted by Gasteiger charge is 2.42. The first-order valence-electron chi connectivity index (χ1n) is 11.6. The van der Waals surface area contributed by atoms with E-state index >= 15 is 0 Å². The Bertz CT molecular complexity index is 1350. The number of pyridine rings is 1. The van der Waals surface area contributed by atoms with Crippen LogP contribution in [0, 0.1) is 6.92 Å². The van der Waals surface area contributed by atoms with Crippen LogP contribution in [0.5, 0.6) is 0 Å². The summed E-state index contributed by atoms with van der Waals surface area (Å²) in [6.07, 6.45) is -1.33. The fraction of sp³-hybridized carbons (Fsp3) is 0.462. The molecular weight excluding hydrogens is 466 g/mol. The summed E-state index contributed by atoms with van der Waals surface area (Å²) in [5, 5.41) is 1.57. The molecule has 9 heteroatoms. The third kappa shape index (κ3) is 4.82. The van der Waals surface area contributed by atoms with Crippen molar-refractivity contribution in [1.82, 2.24) is 9.88 Å². The molecule has 8 nitrogen and oxygen atoms in total. The van der Waals surface area contributed by atoms with E-state index in [1.54, 1.807) is 48.5 Å². The van der Waals surface area contributed by atoms with Crippen LogP contribution in [0.1, 0.15) is 63.8 Å². The van der Waals surface area contributed by atoms with Gasteiger partial charge in [-0.25, -0.2) is 14.5 Å². The number of fused-ring (bicyclic) bond motifs is 5. The van der Waals surface area contributed by atoms with Crippen LogP contribution in [0.25, 0.3) is 21.0 Å². The molecule has 0 aliphatic carbocycles. The van der Waals surface area contributed by atoms with Gasteiger partial charge in [0.25, 0.3) is 5.91 Å². The van der Waals surface area contributed by atoms with Gasteiger partial charge in [0.2, 0.25) is 0 Å². The van der Waals surface area contributed by atoms with Gasteiger partial charge in [-0.2, -0.15) is 0 Å². The summed E-state index contributed by atoms with van der Waals surface area (Å²) in [4.78, 5) is 47.9. The largest absolute Gasteiger partial charge is 0.443 e. The highest BCUT2D eigenvalue weighted by atomic mass is 32.1. The lowest BCUT2D eigenvalue weighted by atomic mass is 10.1. The quantitative estimate of drug-likeness (QED) is 0.363. The molecule has 0 spiro atoms. The first-order chi connectivity index (χ1) is 16.2. The van der Waals surface area contributed by atoms with E-state index < -0.39 is 35.3 Å². The van der Waals surface area contributed by atoms with Crippen LogP contribution in [-0.2, 0) is 9.47 Å². The predicted molar refractivity (Wildman–Crippen MR) is 137 cm³/mol. The molecule has 0 radical (unpaired) electrons. The monoisotopic (exact) mass is 497 g/mol. The van der Waals surface area contributed by atoms with Crippen molar-refractivity contribution in [3.8, 4) is 0 Å². The molecule has 0 saturated heterocycles. The van der Waals surface area contributed by atoms with Crippen LogP contribution >= 0.6 is 11.3 Å². The Morgan fingerprint density at radius 1 is 1.00 bits per heavy atom. The fourth-order valence-corrected chi connectivity index (χ4v) is 5.25. The lowest BCUT2D eigenvalue weighted by molar-refractivity contribution is 0.0182. The standard InChI is InChI=1S/C26H31N3O5S/c1-14-9-10-16-17(27-14)11-12-18-19(16)20-21(35-18)22(30)29(24(32)34-26(6,7)8)15(2)13-28(20)23(31)33-25(3,4)5/h9-12,15H,13H2,1-8H3/t15-/m0/s1. The summed E-state index contributed by atoms with van der Waals surface area (Å²) < 4.78 is 12.1. The highest BCUT2D eigenvalue weighted by Crippen LogP contribution is 2.45. The summed E-state index contributed by atoms with van der Waals surface area (Å²) in [5.41, 5.74) is 0.544. The maximum Gasteiger partial charge on any atom is 0.417 e. The zero-order valence-electron chi connectivity index (χ0n) is 21.4. The number of hydrogen-bond donors (Lipinski definition) is 0. The number of nitrogens with zero attached hydrogens (tertiary/aromatic N) is 3. The molecule has 1 atom stereocenters. The number of aryl methyl sites for hydroxylation is 1. The van der Waals surface area contributed by atoms with Gasteiger partial charge in [0.05, 0.1) is 23.8 Å². The molecule has 0 fully saturated rings. The number of benzene rings is 1. The molecule has 0 N–H and O–H groups in total. The van der Waals surface area contributed by atoms with Gasteiger partial charge >= 0.3 is 12.2 Å². The van der Waals surface area contributed by atoms with E-state index in [1.807, 2.05) is 31.2 Å². The Morgan fingerprint density at radius 2 is 1.63 bits per heavy atom. The molecule has 3 amide bonds. The molecule has 0 unspecified atom stereocenters. The Kier molecular flexibility index (Phi) is 6.03. The van der Waals surface area contributed by atoms with E-state index in [9.17, 15) is 14.4 Å². The molecule has 3 aromatic rings. The zero-order chi connectivity index (χ0) is 25.9. The van der Waals surface area contributed by atoms with E-state index in [1.165, 1.54) is 16.2 Å². The number of imide groups is 1. The second kappa shape index (κ2) is 8.48. The van der Waals surface area contributed by atoms with Crippen LogP contribution < -0.4 is 4.90 Å². The average Bonchev–Trinajstić information content (AvgIpc) is 3.04. The average molecular weight is 498 g/mol. The number of carbonyl (C=O) groups excluding carboxylic acids is 3. The number of hydrogen-bond acceptors (Lipinski definition) is 7. The van der Waals surface area contributed by atoms with Crippen molar-refractivity contribution in [2.75, 3.05) is 11.4 Å². The first-order valence-corrected chi connectivity index (χ1v) is 12.4. The SMILES string of the molecule is Cc1ccc2c(ccc3sc4c(c32)N(C(=O)OC(C)(C)C)C[C@H](C)N(C(=O)OC(C)(C)C)C4=O)n1. The van der Waals surface area contributed by atoms with Crippen molar-refractivity contribution in [1.29, 1.82) is 0 Å². The summed E-state index contributed by atoms with van der Waals surface area (Å²) in [6.45, 7) is 14.3. The Morgan fingerprint density at radius 3 is 2.26 bits per heavy atom. The third-order valence-electron chi connectivity index (χ3n) is 5.41. The zero-order valence-corrected chi connectivity index (χ0v) is 22.2. The lowest BCUT2D eigenvalue weighted by Gasteiger charge is -2.31. The minimum absolute atomic E-state index is 0.0639. The summed E-state index contributed by atoms with van der Waals surface area (Å²) in [7, 11) is 0. The Labute approximate surface area is 208 Å². The number of ether oxygens (including phenoxy) is 2. The second-order valence-electron chi connectivity index (χ2n) is 10.8. The van der Waals surface area contributed by atoms with E-state index in [2.05, 4.69) is 4.98 Å². The van der Waals surface area contributed by atoms with Gasteiger partial charge in [0.15, 0.2) is 0 Å². The number of amides is 3. The van der Waals surface area contributed by atoms with Crippen molar-refractivity contribution in [3.63, 3.8) is 0 Å². The molecule has 2 aromatic heterocycles. The van der Waals surface area contributed by atoms with Gasteiger partial charge < -0.3 is 9.47 Å². The van der Waals surface area contributed by atoms with Gasteiger partial charge in [-0.15, -0.1) is 11.3 Å². The molecule has 1 aromatic carbocycles. The molecule has 1 aliphatic heterocycles. The number of aromatic nitrogens is 1. The Balaban J connectivity index is 1.97. The fourth-order valence-electron chi connectivity index (χ4n) is 4.09. The predicted octanol–water partition coefficient (Wildman–Crippen LogP) is 6.28. The summed E-state index contributed by atoms with van der Waals surface area (Å²) in [5.74, 6) is -0.498. The van der Waals surface area contributed by atoms with Crippen molar-refractivity contribution in [2.24, 2.45) is 0 Å². The van der Waals surface area contributed by atoms with Crippen LogP contribution in [-0.4, -0.2) is 51.8 Å². The first kappa shape index (κ1) is 24.9. The normalized spacial score (nSPS) is 16.9. The lowest BCUT2D eigenvalue weighted by Crippen LogP contribution is -2.49. The number of thiophene rings is 1. The van der Waals surface area contributed by atoms with E-state index in [0.717, 1.165) is 31.6 Å². The maximum absolute atomic E-state index is 13.8. The second-order valence-corrected chi connectivity index (χ2v) is 11.9. The van der Waals surface area contributed by atoms with Gasteiger partial charge in [-0.1, -0.05) is 6.07 Å². The van der Waals surface area contributed by atoms with Gasteiger partial charge in [0, 0.05) is 21.2 Å². The highest BCUT2D eigenvalue weighted by molar-refractivity contribution is 7.21. The smallest absolute Gasteiger partial charge is 0.417 e. The number of carbonyl (C=O) groups is 3. The molecule has 3 heterocycles. The molecule has 1 aliphatic rings. The summed E-state index contributed by atoms with van der Waals surface area (Å²) >= 11 is 1.24. The van der Waals surface area contributed by atoms with Gasteiger partial charge in [-0.3, -0.25) is 14.7 Å². The maximum atomic E-state index is 13.8. The third-order valence-corrected chi connectivity index (χ3v) is 6.54. The van der Waals surface area contributed by atoms with Crippen molar-refractivity contribution in [3.05, 3.63) is 34.8 Å². The molecule has 35 heavy (non-hydrogen) atoms. The van der Waals surface area contributed by atoms with Gasteiger partial charge in [-0.05, 0) is 73.6 Å². The van der Waals surface area contributed by atoms with E-state index in [0.29, 0.717) is 5.69 Å². The molecular formula is C26H31N3O5S. The molecule has 186 valence electrons. The Hall–Kier alpha value is -3.20. The topological polar surface area (TPSA) is 89.0 Å². The van der Waals surface area contributed by atoms with Crippen molar-refractivity contribution >= 4 is 56.1 Å². The van der Waals surface area contributed by atoms with E-state index in [-0.39, 0.29) is 11.4 Å². The van der Waals surface area contributed by atoms with Crippen molar-refractivity contribution < 1.29 is 23.9 Å². The number of rotatable bonds is 0. The number of anilines is 1. The van der Waals surface area contributed by atoms with Crippen molar-refractivity contribution in [2.45, 2.75) is 72.6 Å². The minimum atomic E-state index is -0.781. The van der Waals surface area contributed by atoms with E-state index in [4.69, 9.17) is 9.47 Å². The molecule has 4 rings (SSSR count). The molecule has 0 bridgehead atoms. The van der Waals surface area contributed by atoms with Crippen LogP contribution in [0.2, 0.25) is 0 Å².